The van der Waals surface area contributed by atoms with Crippen LogP contribution >= 0.6 is 0 Å². The van der Waals surface area contributed by atoms with Crippen LogP contribution < -0.4 is 0 Å². The molecule has 0 bridgehead atoms. The number of methoxy groups -OCH3 is 1. The van der Waals surface area contributed by atoms with Crippen molar-refractivity contribution in [3.05, 3.63) is 24.3 Å². The summed E-state index contributed by atoms with van der Waals surface area (Å²) in [5.41, 5.74) is 0. The second kappa shape index (κ2) is 12.3. The Morgan fingerprint density at radius 2 is 1.97 bits per heavy atom. The zero-order valence-corrected chi connectivity index (χ0v) is 18.8. The standard InChI is InChI=1S/C23H36O8/c1-5-19(25)30-18-13-21(27)29-15(3)9-7-6-8-10-17(24)14(2)11-16-12-20(26)31-22(16)23(18)28-4/h6-8,10,14-18,20,22-24,26H,5,9,11-13H2,1-4H3/b7-6+,10-8+/t14-,15-,16-,17+,18-,20?,22+,23?/m1/s1. The molecule has 0 aliphatic carbocycles. The van der Waals surface area contributed by atoms with E-state index >= 15 is 0 Å². The van der Waals surface area contributed by atoms with Crippen LogP contribution in [0.15, 0.2) is 24.3 Å². The van der Waals surface area contributed by atoms with E-state index in [1.54, 1.807) is 26.0 Å². The first kappa shape index (κ1) is 25.5. The van der Waals surface area contributed by atoms with Crippen molar-refractivity contribution < 1.29 is 38.7 Å². The molecule has 0 aromatic carbocycles. The van der Waals surface area contributed by atoms with Gasteiger partial charge in [-0.3, -0.25) is 9.59 Å². The number of carbonyl (C=O) groups excluding carboxylic acids is 2. The number of fused-ring (bicyclic) bond motifs is 1. The van der Waals surface area contributed by atoms with Gasteiger partial charge in [-0.15, -0.1) is 0 Å². The second-order valence-corrected chi connectivity index (χ2v) is 8.39. The van der Waals surface area contributed by atoms with Gasteiger partial charge < -0.3 is 29.2 Å². The maximum Gasteiger partial charge on any atom is 0.309 e. The van der Waals surface area contributed by atoms with Crippen molar-refractivity contribution in [3.8, 4) is 0 Å². The van der Waals surface area contributed by atoms with Gasteiger partial charge in [0.1, 0.15) is 18.3 Å². The summed E-state index contributed by atoms with van der Waals surface area (Å²) in [5.74, 6) is -1.22. The van der Waals surface area contributed by atoms with Crippen molar-refractivity contribution in [2.75, 3.05) is 7.11 Å². The molecule has 0 aromatic heterocycles. The van der Waals surface area contributed by atoms with Gasteiger partial charge in [0.25, 0.3) is 0 Å². The third-order valence-electron chi connectivity index (χ3n) is 5.80. The van der Waals surface area contributed by atoms with Gasteiger partial charge in [-0.1, -0.05) is 38.2 Å². The van der Waals surface area contributed by atoms with Gasteiger partial charge in [-0.25, -0.2) is 0 Å². The van der Waals surface area contributed by atoms with E-state index in [1.807, 2.05) is 19.1 Å². The molecule has 31 heavy (non-hydrogen) atoms. The van der Waals surface area contributed by atoms with E-state index in [1.165, 1.54) is 7.11 Å². The maximum absolute atomic E-state index is 12.5. The average molecular weight is 441 g/mol. The monoisotopic (exact) mass is 440 g/mol. The SMILES string of the molecule is CCC(=O)O[C@@H]1CC(=O)O[C@H](C)C/C=C/C=C/[C@H](O)[C@H](C)C[C@@H]2CC(O)O[C@@H]2C1OC. The van der Waals surface area contributed by atoms with Gasteiger partial charge in [0, 0.05) is 26.4 Å². The molecule has 2 heterocycles. The molecule has 8 heteroatoms. The first-order chi connectivity index (χ1) is 14.7. The molecule has 0 aromatic rings. The number of ether oxygens (including phenoxy) is 4. The van der Waals surface area contributed by atoms with E-state index in [0.717, 1.165) is 0 Å². The van der Waals surface area contributed by atoms with Crippen LogP contribution in [0.2, 0.25) is 0 Å². The van der Waals surface area contributed by atoms with Gasteiger partial charge in [0.2, 0.25) is 0 Å². The summed E-state index contributed by atoms with van der Waals surface area (Å²) in [6, 6.07) is 0. The molecular weight excluding hydrogens is 404 g/mol. The van der Waals surface area contributed by atoms with Crippen LogP contribution in [-0.2, 0) is 28.5 Å². The maximum atomic E-state index is 12.5. The predicted octanol–water partition coefficient (Wildman–Crippen LogP) is 2.27. The summed E-state index contributed by atoms with van der Waals surface area (Å²) in [6.45, 7) is 5.38. The van der Waals surface area contributed by atoms with E-state index in [9.17, 15) is 19.8 Å². The minimum atomic E-state index is -0.993. The highest BCUT2D eigenvalue weighted by atomic mass is 16.6. The molecule has 2 aliphatic heterocycles. The quantitative estimate of drug-likeness (QED) is 0.643. The van der Waals surface area contributed by atoms with E-state index in [4.69, 9.17) is 18.9 Å². The van der Waals surface area contributed by atoms with Crippen molar-refractivity contribution in [3.63, 3.8) is 0 Å². The third-order valence-corrected chi connectivity index (χ3v) is 5.80. The molecule has 8 atom stereocenters. The molecule has 2 aliphatic rings. The normalized spacial score (nSPS) is 39.9. The highest BCUT2D eigenvalue weighted by Gasteiger charge is 2.45. The number of hydrogen-bond acceptors (Lipinski definition) is 8. The Kier molecular flexibility index (Phi) is 10.2. The Hall–Kier alpha value is -1.74. The molecule has 176 valence electrons. The largest absolute Gasteiger partial charge is 0.462 e. The smallest absolute Gasteiger partial charge is 0.309 e. The summed E-state index contributed by atoms with van der Waals surface area (Å²) in [5, 5.41) is 20.7. The van der Waals surface area contributed by atoms with Crippen LogP contribution in [-0.4, -0.2) is 66.1 Å². The van der Waals surface area contributed by atoms with Crippen LogP contribution in [0.5, 0.6) is 0 Å². The summed E-state index contributed by atoms with van der Waals surface area (Å²) in [7, 11) is 1.46. The van der Waals surface area contributed by atoms with Crippen LogP contribution in [0, 0.1) is 11.8 Å². The minimum Gasteiger partial charge on any atom is -0.462 e. The number of allylic oxidation sites excluding steroid dienone is 2. The summed E-state index contributed by atoms with van der Waals surface area (Å²) in [6.07, 6.45) is 4.24. The lowest BCUT2D eigenvalue weighted by molar-refractivity contribution is -0.182. The van der Waals surface area contributed by atoms with Gasteiger partial charge in [-0.05, 0) is 25.2 Å². The Morgan fingerprint density at radius 3 is 2.65 bits per heavy atom. The van der Waals surface area contributed by atoms with Gasteiger partial charge in [-0.2, -0.15) is 0 Å². The first-order valence-corrected chi connectivity index (χ1v) is 11.0. The van der Waals surface area contributed by atoms with Crippen LogP contribution in [0.3, 0.4) is 0 Å². The number of esters is 2. The number of aliphatic hydroxyl groups is 2. The molecule has 0 amide bonds. The molecule has 1 saturated heterocycles. The molecule has 0 spiro atoms. The van der Waals surface area contributed by atoms with E-state index < -0.39 is 42.6 Å². The zero-order valence-electron chi connectivity index (χ0n) is 18.8. The molecule has 2 N–H and O–H groups in total. The summed E-state index contributed by atoms with van der Waals surface area (Å²) in [4.78, 5) is 24.6. The van der Waals surface area contributed by atoms with Gasteiger partial charge in [0.05, 0.1) is 18.6 Å². The van der Waals surface area contributed by atoms with Crippen LogP contribution in [0.1, 0.15) is 52.9 Å². The highest BCUT2D eigenvalue weighted by molar-refractivity contribution is 5.72. The van der Waals surface area contributed by atoms with Crippen molar-refractivity contribution in [2.24, 2.45) is 11.8 Å². The summed E-state index contributed by atoms with van der Waals surface area (Å²) >= 11 is 0. The molecule has 2 rings (SSSR count). The van der Waals surface area contributed by atoms with E-state index in [2.05, 4.69) is 0 Å². The molecular formula is C23H36O8. The lowest BCUT2D eigenvalue weighted by Gasteiger charge is -2.33. The third kappa shape index (κ3) is 7.71. The van der Waals surface area contributed by atoms with Crippen molar-refractivity contribution >= 4 is 11.9 Å². The van der Waals surface area contributed by atoms with Crippen molar-refractivity contribution in [1.82, 2.24) is 0 Å². The van der Waals surface area contributed by atoms with Gasteiger partial charge in [0.15, 0.2) is 6.29 Å². The van der Waals surface area contributed by atoms with E-state index in [-0.39, 0.29) is 30.8 Å². The molecule has 8 nitrogen and oxygen atoms in total. The Labute approximate surface area is 184 Å². The fourth-order valence-electron chi connectivity index (χ4n) is 4.11. The Balaban J connectivity index is 2.34. The van der Waals surface area contributed by atoms with Crippen LogP contribution in [0.4, 0.5) is 0 Å². The Bertz CT molecular complexity index is 645. The Morgan fingerprint density at radius 1 is 1.23 bits per heavy atom. The van der Waals surface area contributed by atoms with Crippen LogP contribution in [0.25, 0.3) is 0 Å². The predicted molar refractivity (Wildman–Crippen MR) is 113 cm³/mol. The molecule has 0 saturated carbocycles. The van der Waals surface area contributed by atoms with Crippen molar-refractivity contribution in [2.45, 2.75) is 89.7 Å². The number of hydrogen-bond donors (Lipinski definition) is 2. The lowest BCUT2D eigenvalue weighted by atomic mass is 9.84. The van der Waals surface area contributed by atoms with E-state index in [0.29, 0.717) is 19.3 Å². The first-order valence-electron chi connectivity index (χ1n) is 11.0. The second-order valence-electron chi connectivity index (χ2n) is 8.39. The minimum absolute atomic E-state index is 0.100. The number of cyclic esters (lactones) is 1. The van der Waals surface area contributed by atoms with Gasteiger partial charge >= 0.3 is 11.9 Å². The number of aliphatic hydroxyl groups excluding tert-OH is 2. The average Bonchev–Trinajstić information content (AvgIpc) is 3.06. The zero-order chi connectivity index (χ0) is 23.0. The number of rotatable bonds is 3. The molecule has 0 radical (unpaired) electrons. The summed E-state index contributed by atoms with van der Waals surface area (Å²) < 4.78 is 22.4. The highest BCUT2D eigenvalue weighted by Crippen LogP contribution is 2.36. The molecule has 1 fully saturated rings. The lowest BCUT2D eigenvalue weighted by Crippen LogP contribution is -2.46. The number of carbonyl (C=O) groups is 2. The fourth-order valence-corrected chi connectivity index (χ4v) is 4.11. The topological polar surface area (TPSA) is 112 Å². The fraction of sp³-hybridized carbons (Fsp3) is 0.739. The van der Waals surface area contributed by atoms with Crippen molar-refractivity contribution in [1.29, 1.82) is 0 Å². The molecule has 2 unspecified atom stereocenters.